The topological polar surface area (TPSA) is 12.5 Å². The predicted molar refractivity (Wildman–Crippen MR) is 99.7 cm³/mol. The van der Waals surface area contributed by atoms with E-state index >= 15 is 0 Å². The molecule has 0 unspecified atom stereocenters. The lowest BCUT2D eigenvalue weighted by Crippen LogP contribution is -2.60. The average Bonchev–Trinajstić information content (AvgIpc) is 2.60. The van der Waals surface area contributed by atoms with Gasteiger partial charge in [-0.25, -0.2) is 0 Å². The number of nitrogens with zero attached hydrogens (tertiary/aromatic N) is 1. The third kappa shape index (κ3) is 2.50. The van der Waals surface area contributed by atoms with Crippen LogP contribution >= 0.6 is 0 Å². The Balaban J connectivity index is 1.74. The summed E-state index contributed by atoms with van der Waals surface area (Å²) in [6, 6.07) is 7.61. The van der Waals surface area contributed by atoms with Gasteiger partial charge in [-0.15, -0.1) is 0 Å². The number of likely N-dealkylation sites (tertiary alicyclic amines) is 1. The SMILES string of the molecule is COc1ccc2c(c1)[C@]13CCCC[C@H]1[C@@H](C2)N(CC=C(C)C)CC3. The quantitative estimate of drug-likeness (QED) is 0.746. The predicted octanol–water partition coefficient (Wildman–Crippen LogP) is 4.72. The molecule has 0 N–H and O–H groups in total. The van der Waals surface area contributed by atoms with Crippen molar-refractivity contribution < 1.29 is 4.74 Å². The first-order chi connectivity index (χ1) is 11.6. The van der Waals surface area contributed by atoms with Crippen molar-refractivity contribution in [2.24, 2.45) is 5.92 Å². The summed E-state index contributed by atoms with van der Waals surface area (Å²) in [4.78, 5) is 2.77. The highest BCUT2D eigenvalue weighted by Gasteiger charge is 2.53. The minimum atomic E-state index is 0.423. The van der Waals surface area contributed by atoms with Crippen LogP contribution in [-0.2, 0) is 11.8 Å². The maximum atomic E-state index is 5.56. The molecular formula is C22H31NO. The maximum Gasteiger partial charge on any atom is 0.119 e. The number of allylic oxidation sites excluding steroid dienone is 1. The summed E-state index contributed by atoms with van der Waals surface area (Å²) in [6.45, 7) is 6.82. The molecule has 24 heavy (non-hydrogen) atoms. The fourth-order valence-corrected chi connectivity index (χ4v) is 5.72. The standard InChI is InChI=1S/C22H31NO/c1-16(2)9-12-23-13-11-22-10-5-4-6-19(22)21(23)14-17-7-8-18(24-3)15-20(17)22/h7-9,15,19,21H,4-6,10-14H2,1-3H3/t19-,21+,22-/m0/s1. The number of methoxy groups -OCH3 is 1. The smallest absolute Gasteiger partial charge is 0.119 e. The van der Waals surface area contributed by atoms with Gasteiger partial charge in [0.15, 0.2) is 0 Å². The summed E-state index contributed by atoms with van der Waals surface area (Å²) in [5, 5.41) is 0. The molecule has 1 aromatic rings. The van der Waals surface area contributed by atoms with E-state index in [0.717, 1.165) is 24.3 Å². The van der Waals surface area contributed by atoms with Gasteiger partial charge in [-0.3, -0.25) is 4.90 Å². The number of ether oxygens (including phenoxy) is 1. The van der Waals surface area contributed by atoms with E-state index in [1.807, 2.05) is 0 Å². The van der Waals surface area contributed by atoms with Crippen LogP contribution in [0.2, 0.25) is 0 Å². The summed E-state index contributed by atoms with van der Waals surface area (Å²) in [5.41, 5.74) is 5.08. The molecule has 0 amide bonds. The Kier molecular flexibility index (Phi) is 4.20. The molecule has 0 radical (unpaired) electrons. The molecule has 1 aliphatic heterocycles. The highest BCUT2D eigenvalue weighted by molar-refractivity contribution is 5.45. The molecule has 2 heteroatoms. The number of hydrogen-bond acceptors (Lipinski definition) is 2. The molecule has 1 aromatic carbocycles. The van der Waals surface area contributed by atoms with Crippen LogP contribution in [0.3, 0.4) is 0 Å². The third-order valence-corrected chi connectivity index (χ3v) is 6.89. The van der Waals surface area contributed by atoms with E-state index in [4.69, 9.17) is 4.74 Å². The lowest BCUT2D eigenvalue weighted by atomic mass is 9.52. The van der Waals surface area contributed by atoms with Gasteiger partial charge >= 0.3 is 0 Å². The van der Waals surface area contributed by atoms with Crippen LogP contribution < -0.4 is 4.74 Å². The zero-order valence-electron chi connectivity index (χ0n) is 15.5. The first kappa shape index (κ1) is 16.2. The molecule has 1 heterocycles. The lowest BCUT2D eigenvalue weighted by molar-refractivity contribution is -0.00528. The van der Waals surface area contributed by atoms with Crippen molar-refractivity contribution >= 4 is 0 Å². The lowest BCUT2D eigenvalue weighted by Gasteiger charge is -2.59. The van der Waals surface area contributed by atoms with E-state index in [1.54, 1.807) is 18.2 Å². The molecule has 2 nitrogen and oxygen atoms in total. The Hall–Kier alpha value is -1.28. The Labute approximate surface area is 146 Å². The monoisotopic (exact) mass is 325 g/mol. The molecule has 130 valence electrons. The fraction of sp³-hybridized carbons (Fsp3) is 0.636. The van der Waals surface area contributed by atoms with Crippen LogP contribution in [0.25, 0.3) is 0 Å². The molecule has 0 aromatic heterocycles. The van der Waals surface area contributed by atoms with Crippen molar-refractivity contribution in [3.05, 3.63) is 41.0 Å². The van der Waals surface area contributed by atoms with Crippen molar-refractivity contribution in [2.45, 2.75) is 63.8 Å². The Bertz CT molecular complexity index is 645. The molecular weight excluding hydrogens is 294 g/mol. The number of benzene rings is 1. The van der Waals surface area contributed by atoms with E-state index in [2.05, 4.69) is 43.0 Å². The third-order valence-electron chi connectivity index (χ3n) is 6.89. The number of fused-ring (bicyclic) bond motifs is 1. The first-order valence-electron chi connectivity index (χ1n) is 9.69. The van der Waals surface area contributed by atoms with Gasteiger partial charge in [-0.05, 0) is 75.3 Å². The molecule has 2 bridgehead atoms. The number of piperidine rings is 1. The van der Waals surface area contributed by atoms with Crippen LogP contribution in [0.5, 0.6) is 5.75 Å². The normalized spacial score (nSPS) is 31.8. The number of hydrogen-bond donors (Lipinski definition) is 0. The van der Waals surface area contributed by atoms with Gasteiger partial charge < -0.3 is 4.74 Å². The van der Waals surface area contributed by atoms with E-state index < -0.39 is 0 Å². The highest BCUT2D eigenvalue weighted by Crippen LogP contribution is 2.56. The zero-order chi connectivity index (χ0) is 16.7. The summed E-state index contributed by atoms with van der Waals surface area (Å²) in [5.74, 6) is 1.88. The minimum Gasteiger partial charge on any atom is -0.497 e. The van der Waals surface area contributed by atoms with Crippen LogP contribution in [0.1, 0.15) is 57.1 Å². The van der Waals surface area contributed by atoms with E-state index in [0.29, 0.717) is 5.41 Å². The Morgan fingerprint density at radius 3 is 2.96 bits per heavy atom. The van der Waals surface area contributed by atoms with Gasteiger partial charge in [0.2, 0.25) is 0 Å². The van der Waals surface area contributed by atoms with Gasteiger partial charge in [0.05, 0.1) is 7.11 Å². The molecule has 2 aliphatic carbocycles. The second kappa shape index (κ2) is 6.22. The summed E-state index contributed by atoms with van der Waals surface area (Å²) in [7, 11) is 1.80. The Morgan fingerprint density at radius 1 is 1.29 bits per heavy atom. The first-order valence-corrected chi connectivity index (χ1v) is 9.69. The number of rotatable bonds is 3. The van der Waals surface area contributed by atoms with Crippen LogP contribution in [0.15, 0.2) is 29.8 Å². The van der Waals surface area contributed by atoms with E-state index in [1.165, 1.54) is 50.6 Å². The molecule has 3 atom stereocenters. The van der Waals surface area contributed by atoms with Crippen molar-refractivity contribution in [3.63, 3.8) is 0 Å². The minimum absolute atomic E-state index is 0.423. The van der Waals surface area contributed by atoms with Crippen LogP contribution in [0.4, 0.5) is 0 Å². The molecule has 1 saturated heterocycles. The molecule has 1 saturated carbocycles. The van der Waals surface area contributed by atoms with Crippen molar-refractivity contribution in [3.8, 4) is 5.75 Å². The highest BCUT2D eigenvalue weighted by atomic mass is 16.5. The van der Waals surface area contributed by atoms with Gasteiger partial charge in [0.1, 0.15) is 5.75 Å². The summed E-state index contributed by atoms with van der Waals surface area (Å²) in [6.07, 6.45) is 10.6. The zero-order valence-corrected chi connectivity index (χ0v) is 15.5. The van der Waals surface area contributed by atoms with Crippen LogP contribution in [-0.4, -0.2) is 31.1 Å². The van der Waals surface area contributed by atoms with Crippen molar-refractivity contribution in [1.29, 1.82) is 0 Å². The van der Waals surface area contributed by atoms with Crippen molar-refractivity contribution in [1.82, 2.24) is 4.90 Å². The molecule has 2 fully saturated rings. The molecule has 4 rings (SSSR count). The van der Waals surface area contributed by atoms with E-state index in [9.17, 15) is 0 Å². The van der Waals surface area contributed by atoms with Gasteiger partial charge in [0.25, 0.3) is 0 Å². The second-order valence-electron chi connectivity index (χ2n) is 8.33. The van der Waals surface area contributed by atoms with Crippen LogP contribution in [0, 0.1) is 5.92 Å². The molecule has 3 aliphatic rings. The maximum absolute atomic E-state index is 5.56. The van der Waals surface area contributed by atoms with Gasteiger partial charge in [0, 0.05) is 18.0 Å². The summed E-state index contributed by atoms with van der Waals surface area (Å²) < 4.78 is 5.56. The largest absolute Gasteiger partial charge is 0.497 e. The average molecular weight is 325 g/mol. The van der Waals surface area contributed by atoms with Gasteiger partial charge in [-0.1, -0.05) is 30.6 Å². The summed E-state index contributed by atoms with van der Waals surface area (Å²) >= 11 is 0. The second-order valence-corrected chi connectivity index (χ2v) is 8.33. The fourth-order valence-electron chi connectivity index (χ4n) is 5.72. The van der Waals surface area contributed by atoms with Gasteiger partial charge in [-0.2, -0.15) is 0 Å². The van der Waals surface area contributed by atoms with Crippen molar-refractivity contribution in [2.75, 3.05) is 20.2 Å². The molecule has 0 spiro atoms. The Morgan fingerprint density at radius 2 is 2.17 bits per heavy atom. The van der Waals surface area contributed by atoms with E-state index in [-0.39, 0.29) is 0 Å².